The van der Waals surface area contributed by atoms with Crippen LogP contribution in [0.15, 0.2) is 17.2 Å². The zero-order chi connectivity index (χ0) is 14.3. The molecule has 1 aromatic rings. The Balaban J connectivity index is 2.87. The van der Waals surface area contributed by atoms with E-state index in [1.807, 2.05) is 13.8 Å². The van der Waals surface area contributed by atoms with E-state index in [4.69, 9.17) is 5.11 Å². The third-order valence-corrected chi connectivity index (χ3v) is 2.83. The summed E-state index contributed by atoms with van der Waals surface area (Å²) < 4.78 is 1.54. The van der Waals surface area contributed by atoms with Gasteiger partial charge in [-0.05, 0) is 12.8 Å². The number of aliphatic carboxylic acids is 1. The van der Waals surface area contributed by atoms with Crippen molar-refractivity contribution < 1.29 is 9.90 Å². The Morgan fingerprint density at radius 2 is 2.21 bits per heavy atom. The second kappa shape index (κ2) is 7.56. The van der Waals surface area contributed by atoms with Crippen LogP contribution in [-0.4, -0.2) is 26.7 Å². The zero-order valence-electron chi connectivity index (χ0n) is 11.4. The number of carboxylic acid groups (broad SMARTS) is 1. The number of aryl methyl sites for hydroxylation is 1. The molecule has 0 aliphatic carbocycles. The Morgan fingerprint density at radius 1 is 1.47 bits per heavy atom. The highest BCUT2D eigenvalue weighted by Gasteiger charge is 2.18. The first-order chi connectivity index (χ1) is 9.10. The van der Waals surface area contributed by atoms with Crippen molar-refractivity contribution in [2.75, 3.05) is 5.32 Å². The monoisotopic (exact) mass is 267 g/mol. The predicted molar refractivity (Wildman–Crippen MR) is 73.4 cm³/mol. The van der Waals surface area contributed by atoms with Crippen LogP contribution in [0.3, 0.4) is 0 Å². The Hall–Kier alpha value is -1.85. The van der Waals surface area contributed by atoms with E-state index >= 15 is 0 Å². The van der Waals surface area contributed by atoms with Crippen LogP contribution in [-0.2, 0) is 11.3 Å². The highest BCUT2D eigenvalue weighted by atomic mass is 16.4. The van der Waals surface area contributed by atoms with Gasteiger partial charge >= 0.3 is 5.97 Å². The first-order valence-electron chi connectivity index (χ1n) is 6.64. The summed E-state index contributed by atoms with van der Waals surface area (Å²) in [5.74, 6) is -0.847. The van der Waals surface area contributed by atoms with E-state index in [1.54, 1.807) is 6.20 Å². The molecule has 106 valence electrons. The lowest BCUT2D eigenvalue weighted by molar-refractivity contribution is -0.138. The molecule has 1 rings (SSSR count). The highest BCUT2D eigenvalue weighted by molar-refractivity contribution is 5.76. The van der Waals surface area contributed by atoms with Gasteiger partial charge in [0.1, 0.15) is 6.04 Å². The average molecular weight is 267 g/mol. The lowest BCUT2D eigenvalue weighted by atomic mass is 10.1. The van der Waals surface area contributed by atoms with Gasteiger partial charge in [0.2, 0.25) is 0 Å². The average Bonchev–Trinajstić information content (AvgIpc) is 2.38. The first kappa shape index (κ1) is 15.2. The lowest BCUT2D eigenvalue weighted by Crippen LogP contribution is -2.34. The molecule has 0 spiro atoms. The molecule has 0 bridgehead atoms. The summed E-state index contributed by atoms with van der Waals surface area (Å²) in [4.78, 5) is 27.1. The summed E-state index contributed by atoms with van der Waals surface area (Å²) in [6.07, 6.45) is 6.14. The predicted octanol–water partition coefficient (Wildman–Crippen LogP) is 1.71. The van der Waals surface area contributed by atoms with Gasteiger partial charge in [-0.25, -0.2) is 9.78 Å². The first-order valence-corrected chi connectivity index (χ1v) is 6.64. The van der Waals surface area contributed by atoms with E-state index in [2.05, 4.69) is 10.3 Å². The van der Waals surface area contributed by atoms with Gasteiger partial charge in [-0.2, -0.15) is 0 Å². The van der Waals surface area contributed by atoms with E-state index in [1.165, 1.54) is 10.8 Å². The Kier molecular flexibility index (Phi) is 6.05. The summed E-state index contributed by atoms with van der Waals surface area (Å²) in [5.41, 5.74) is -0.271. The third kappa shape index (κ3) is 4.39. The number of anilines is 1. The number of rotatable bonds is 8. The van der Waals surface area contributed by atoms with E-state index in [0.29, 0.717) is 13.0 Å². The summed E-state index contributed by atoms with van der Waals surface area (Å²) in [6, 6.07) is -0.766. The molecule has 0 saturated carbocycles. The van der Waals surface area contributed by atoms with Crippen molar-refractivity contribution in [2.45, 2.75) is 52.1 Å². The molecule has 1 unspecified atom stereocenters. The fourth-order valence-corrected chi connectivity index (χ4v) is 1.79. The van der Waals surface area contributed by atoms with Crippen molar-refractivity contribution in [3.8, 4) is 0 Å². The second-order valence-electron chi connectivity index (χ2n) is 4.45. The summed E-state index contributed by atoms with van der Waals surface area (Å²) in [5, 5.41) is 11.9. The minimum absolute atomic E-state index is 0.111. The molecule has 0 aliphatic heterocycles. The number of hydrogen-bond donors (Lipinski definition) is 2. The van der Waals surface area contributed by atoms with Crippen LogP contribution < -0.4 is 10.9 Å². The molecule has 6 nitrogen and oxygen atoms in total. The van der Waals surface area contributed by atoms with Crippen molar-refractivity contribution in [1.82, 2.24) is 9.55 Å². The third-order valence-electron chi connectivity index (χ3n) is 2.83. The molecular formula is C13H21N3O3. The molecule has 1 heterocycles. The minimum atomic E-state index is -0.958. The van der Waals surface area contributed by atoms with Crippen molar-refractivity contribution in [1.29, 1.82) is 0 Å². The molecule has 0 fully saturated rings. The van der Waals surface area contributed by atoms with Gasteiger partial charge in [0.25, 0.3) is 5.56 Å². The van der Waals surface area contributed by atoms with Crippen LogP contribution in [0, 0.1) is 0 Å². The maximum absolute atomic E-state index is 12.0. The van der Waals surface area contributed by atoms with Crippen LogP contribution in [0.1, 0.15) is 39.5 Å². The van der Waals surface area contributed by atoms with Gasteiger partial charge < -0.3 is 15.0 Å². The fourth-order valence-electron chi connectivity index (χ4n) is 1.79. The van der Waals surface area contributed by atoms with Gasteiger partial charge in [-0.1, -0.05) is 26.7 Å². The Morgan fingerprint density at radius 3 is 2.79 bits per heavy atom. The zero-order valence-corrected chi connectivity index (χ0v) is 11.4. The van der Waals surface area contributed by atoms with Crippen molar-refractivity contribution >= 4 is 11.8 Å². The van der Waals surface area contributed by atoms with E-state index < -0.39 is 12.0 Å². The van der Waals surface area contributed by atoms with Crippen LogP contribution in [0.25, 0.3) is 0 Å². The number of carboxylic acids is 1. The minimum Gasteiger partial charge on any atom is -0.480 e. The number of carbonyl (C=O) groups is 1. The Bertz CT molecular complexity index is 470. The number of hydrogen-bond acceptors (Lipinski definition) is 4. The molecule has 0 aromatic carbocycles. The number of nitrogens with zero attached hydrogens (tertiary/aromatic N) is 2. The summed E-state index contributed by atoms with van der Waals surface area (Å²) in [6.45, 7) is 4.57. The maximum Gasteiger partial charge on any atom is 0.326 e. The molecule has 2 N–H and O–H groups in total. The molecule has 0 radical (unpaired) electrons. The van der Waals surface area contributed by atoms with Crippen LogP contribution >= 0.6 is 0 Å². The fraction of sp³-hybridized carbons (Fsp3) is 0.615. The van der Waals surface area contributed by atoms with Crippen LogP contribution in [0.4, 0.5) is 5.82 Å². The van der Waals surface area contributed by atoms with Gasteiger partial charge in [0, 0.05) is 18.9 Å². The van der Waals surface area contributed by atoms with Gasteiger partial charge in [-0.3, -0.25) is 4.79 Å². The molecule has 0 amide bonds. The quantitative estimate of drug-likeness (QED) is 0.749. The molecule has 19 heavy (non-hydrogen) atoms. The molecule has 1 atom stereocenters. The summed E-state index contributed by atoms with van der Waals surface area (Å²) in [7, 11) is 0. The smallest absolute Gasteiger partial charge is 0.326 e. The Labute approximate surface area is 112 Å². The van der Waals surface area contributed by atoms with Crippen molar-refractivity contribution in [3.63, 3.8) is 0 Å². The number of unbranched alkanes of at least 4 members (excludes halogenated alkanes) is 1. The molecule has 0 aliphatic rings. The van der Waals surface area contributed by atoms with Crippen LogP contribution in [0.5, 0.6) is 0 Å². The second-order valence-corrected chi connectivity index (χ2v) is 4.45. The maximum atomic E-state index is 12.0. The van der Waals surface area contributed by atoms with Gasteiger partial charge in [0.15, 0.2) is 5.82 Å². The highest BCUT2D eigenvalue weighted by Crippen LogP contribution is 2.06. The van der Waals surface area contributed by atoms with Crippen molar-refractivity contribution in [2.24, 2.45) is 0 Å². The molecule has 0 saturated heterocycles. The topological polar surface area (TPSA) is 84.2 Å². The van der Waals surface area contributed by atoms with Gasteiger partial charge in [0.05, 0.1) is 0 Å². The molecule has 6 heteroatoms. The van der Waals surface area contributed by atoms with E-state index in [0.717, 1.165) is 19.3 Å². The summed E-state index contributed by atoms with van der Waals surface area (Å²) >= 11 is 0. The largest absolute Gasteiger partial charge is 0.480 e. The number of nitrogens with one attached hydrogen (secondary N) is 1. The number of aromatic nitrogens is 2. The van der Waals surface area contributed by atoms with Gasteiger partial charge in [-0.15, -0.1) is 0 Å². The van der Waals surface area contributed by atoms with Crippen molar-refractivity contribution in [3.05, 3.63) is 22.7 Å². The standard InChI is InChI=1S/C13H21N3O3/c1-3-5-6-10(13(18)19)15-11-12(17)16(8-4-2)9-7-14-11/h7,9-10H,3-6,8H2,1-2H3,(H,14,15)(H,18,19). The van der Waals surface area contributed by atoms with E-state index in [-0.39, 0.29) is 11.4 Å². The van der Waals surface area contributed by atoms with Crippen LogP contribution in [0.2, 0.25) is 0 Å². The van der Waals surface area contributed by atoms with E-state index in [9.17, 15) is 9.59 Å². The SMILES string of the molecule is CCCCC(Nc1nccn(CCC)c1=O)C(=O)O. The molecule has 1 aromatic heterocycles. The molecular weight excluding hydrogens is 246 g/mol. The lowest BCUT2D eigenvalue weighted by Gasteiger charge is -2.15. The normalized spacial score (nSPS) is 12.1.